The van der Waals surface area contributed by atoms with Crippen molar-refractivity contribution in [3.63, 3.8) is 0 Å². The Morgan fingerprint density at radius 3 is 2.60 bits per heavy atom. The topological polar surface area (TPSA) is 102 Å². The number of nitrogen functional groups attached to an aromatic ring is 1. The maximum absolute atomic E-state index is 12.4. The van der Waals surface area contributed by atoms with Crippen molar-refractivity contribution >= 4 is 31.6 Å². The Balaban J connectivity index is 2.30. The van der Waals surface area contributed by atoms with Crippen LogP contribution in [0, 0.1) is 0 Å². The summed E-state index contributed by atoms with van der Waals surface area (Å²) in [6.07, 6.45) is 0.859. The van der Waals surface area contributed by atoms with E-state index in [2.05, 4.69) is 20.7 Å². The van der Waals surface area contributed by atoms with Crippen molar-refractivity contribution in [2.75, 3.05) is 25.6 Å². The van der Waals surface area contributed by atoms with E-state index in [1.54, 1.807) is 6.07 Å². The Labute approximate surface area is 126 Å². The molecule has 0 aliphatic carbocycles. The van der Waals surface area contributed by atoms with Gasteiger partial charge in [-0.15, -0.1) is 0 Å². The van der Waals surface area contributed by atoms with Gasteiger partial charge in [-0.1, -0.05) is 15.9 Å². The van der Waals surface area contributed by atoms with Gasteiger partial charge in [-0.2, -0.15) is 0 Å². The molecule has 0 amide bonds. The van der Waals surface area contributed by atoms with E-state index in [0.717, 1.165) is 0 Å². The van der Waals surface area contributed by atoms with Gasteiger partial charge in [0.05, 0.1) is 17.8 Å². The predicted octanol–water partition coefficient (Wildman–Crippen LogP) is 0.851. The van der Waals surface area contributed by atoms with Crippen molar-refractivity contribution in [1.82, 2.24) is 4.72 Å². The molecular weight excluding hydrogens is 348 g/mol. The van der Waals surface area contributed by atoms with Gasteiger partial charge in [-0.3, -0.25) is 0 Å². The number of halogens is 1. The van der Waals surface area contributed by atoms with E-state index in [9.17, 15) is 13.5 Å². The van der Waals surface area contributed by atoms with E-state index in [4.69, 9.17) is 10.5 Å². The number of hydrogen-bond donors (Lipinski definition) is 3. The van der Waals surface area contributed by atoms with E-state index in [1.807, 2.05) is 0 Å². The van der Waals surface area contributed by atoms with Crippen molar-refractivity contribution < 1.29 is 18.3 Å². The second kappa shape index (κ2) is 5.98. The molecule has 0 bridgehead atoms. The molecular formula is C12H17BrN2O4S. The van der Waals surface area contributed by atoms with Crippen molar-refractivity contribution in [1.29, 1.82) is 0 Å². The van der Waals surface area contributed by atoms with Crippen LogP contribution in [0.5, 0.6) is 0 Å². The number of benzene rings is 1. The molecule has 0 radical (unpaired) electrons. The molecule has 1 aromatic rings. The average molecular weight is 365 g/mol. The number of ether oxygens (including phenoxy) is 1. The third kappa shape index (κ3) is 3.32. The smallest absolute Gasteiger partial charge is 0.243 e. The van der Waals surface area contributed by atoms with Crippen molar-refractivity contribution in [3.05, 3.63) is 22.7 Å². The van der Waals surface area contributed by atoms with Crippen LogP contribution >= 0.6 is 15.9 Å². The quantitative estimate of drug-likeness (QED) is 0.687. The summed E-state index contributed by atoms with van der Waals surface area (Å²) in [5.74, 6) is 0. The zero-order chi connectivity index (χ0) is 14.8. The summed E-state index contributed by atoms with van der Waals surface area (Å²) in [6, 6.07) is 4.58. The fourth-order valence-corrected chi connectivity index (χ4v) is 4.10. The van der Waals surface area contributed by atoms with Crippen LogP contribution in [0.25, 0.3) is 0 Å². The highest BCUT2D eigenvalue weighted by Crippen LogP contribution is 2.27. The number of aliphatic hydroxyl groups excluding tert-OH is 1. The van der Waals surface area contributed by atoms with Gasteiger partial charge in [-0.25, -0.2) is 13.1 Å². The molecule has 0 unspecified atom stereocenters. The lowest BCUT2D eigenvalue weighted by atomic mass is 9.93. The first-order valence-corrected chi connectivity index (χ1v) is 8.44. The minimum atomic E-state index is -3.79. The normalized spacial score (nSPS) is 18.9. The number of sulfonamides is 1. The minimum absolute atomic E-state index is 0.0139. The standard InChI is InChI=1S/C12H17BrN2O4S/c13-9-1-2-11(10(14)7-9)20(17,18)15-12(8-16)3-5-19-6-4-12/h1-2,7,15-16H,3-6,8,14H2. The first kappa shape index (κ1) is 15.7. The minimum Gasteiger partial charge on any atom is -0.398 e. The average Bonchev–Trinajstić information content (AvgIpc) is 2.38. The summed E-state index contributed by atoms with van der Waals surface area (Å²) in [7, 11) is -3.79. The highest BCUT2D eigenvalue weighted by atomic mass is 79.9. The Morgan fingerprint density at radius 1 is 1.40 bits per heavy atom. The zero-order valence-electron chi connectivity index (χ0n) is 10.8. The molecule has 1 aromatic carbocycles. The van der Waals surface area contributed by atoms with Gasteiger partial charge >= 0.3 is 0 Å². The molecule has 112 valence electrons. The molecule has 20 heavy (non-hydrogen) atoms. The fraction of sp³-hybridized carbons (Fsp3) is 0.500. The van der Waals surface area contributed by atoms with Crippen LogP contribution in [-0.4, -0.2) is 38.9 Å². The van der Waals surface area contributed by atoms with Crippen LogP contribution in [0.15, 0.2) is 27.6 Å². The van der Waals surface area contributed by atoms with Crippen LogP contribution in [0.1, 0.15) is 12.8 Å². The molecule has 2 rings (SSSR count). The monoisotopic (exact) mass is 364 g/mol. The SMILES string of the molecule is Nc1cc(Br)ccc1S(=O)(=O)NC1(CO)CCOCC1. The number of nitrogens with two attached hydrogens (primary N) is 1. The van der Waals surface area contributed by atoms with Crippen LogP contribution in [0.4, 0.5) is 5.69 Å². The molecule has 0 spiro atoms. The summed E-state index contributed by atoms with van der Waals surface area (Å²) in [5.41, 5.74) is 5.04. The van der Waals surface area contributed by atoms with Gasteiger partial charge in [0, 0.05) is 17.7 Å². The third-order valence-corrected chi connectivity index (χ3v) is 5.51. The molecule has 1 saturated heterocycles. The highest BCUT2D eigenvalue weighted by molar-refractivity contribution is 9.10. The van der Waals surface area contributed by atoms with Crippen LogP contribution in [-0.2, 0) is 14.8 Å². The number of nitrogens with one attached hydrogen (secondary N) is 1. The number of anilines is 1. The Bertz CT molecular complexity index is 585. The van der Waals surface area contributed by atoms with Gasteiger partial charge in [-0.05, 0) is 31.0 Å². The second-order valence-electron chi connectivity index (χ2n) is 4.84. The molecule has 8 heteroatoms. The first-order valence-electron chi connectivity index (χ1n) is 6.16. The number of rotatable bonds is 4. The van der Waals surface area contributed by atoms with E-state index in [0.29, 0.717) is 30.5 Å². The van der Waals surface area contributed by atoms with Crippen LogP contribution < -0.4 is 10.5 Å². The summed E-state index contributed by atoms with van der Waals surface area (Å²) < 4.78 is 33.4. The Hall–Kier alpha value is -0.670. The van der Waals surface area contributed by atoms with Gasteiger partial charge in [0.1, 0.15) is 4.90 Å². The van der Waals surface area contributed by atoms with E-state index in [-0.39, 0.29) is 17.2 Å². The van der Waals surface area contributed by atoms with Crippen molar-refractivity contribution in [3.8, 4) is 0 Å². The second-order valence-corrected chi connectivity index (χ2v) is 7.40. The summed E-state index contributed by atoms with van der Waals surface area (Å²) in [5, 5.41) is 9.54. The maximum atomic E-state index is 12.4. The Morgan fingerprint density at radius 2 is 2.05 bits per heavy atom. The zero-order valence-corrected chi connectivity index (χ0v) is 13.2. The molecule has 1 heterocycles. The lowest BCUT2D eigenvalue weighted by Gasteiger charge is -2.35. The van der Waals surface area contributed by atoms with Crippen molar-refractivity contribution in [2.24, 2.45) is 0 Å². The van der Waals surface area contributed by atoms with E-state index in [1.165, 1.54) is 12.1 Å². The largest absolute Gasteiger partial charge is 0.398 e. The lowest BCUT2D eigenvalue weighted by molar-refractivity contribution is 0.0223. The molecule has 0 saturated carbocycles. The number of hydrogen-bond acceptors (Lipinski definition) is 5. The van der Waals surface area contributed by atoms with E-state index < -0.39 is 15.6 Å². The number of aliphatic hydroxyl groups is 1. The summed E-state index contributed by atoms with van der Waals surface area (Å²) in [4.78, 5) is 0.0139. The van der Waals surface area contributed by atoms with Gasteiger partial charge in [0.25, 0.3) is 0 Å². The van der Waals surface area contributed by atoms with Gasteiger partial charge < -0.3 is 15.6 Å². The lowest BCUT2D eigenvalue weighted by Crippen LogP contribution is -2.54. The first-order chi connectivity index (χ1) is 9.38. The van der Waals surface area contributed by atoms with Gasteiger partial charge in [0.15, 0.2) is 0 Å². The third-order valence-electron chi connectivity index (χ3n) is 3.36. The molecule has 6 nitrogen and oxygen atoms in total. The fourth-order valence-electron chi connectivity index (χ4n) is 2.16. The molecule has 0 aromatic heterocycles. The maximum Gasteiger partial charge on any atom is 0.243 e. The molecule has 4 N–H and O–H groups in total. The van der Waals surface area contributed by atoms with E-state index >= 15 is 0 Å². The molecule has 1 fully saturated rings. The Kier molecular flexibility index (Phi) is 4.70. The molecule has 0 atom stereocenters. The van der Waals surface area contributed by atoms with Crippen molar-refractivity contribution in [2.45, 2.75) is 23.3 Å². The summed E-state index contributed by atoms with van der Waals surface area (Å²) >= 11 is 3.23. The van der Waals surface area contributed by atoms with Gasteiger partial charge in [0.2, 0.25) is 10.0 Å². The highest BCUT2D eigenvalue weighted by Gasteiger charge is 2.37. The van der Waals surface area contributed by atoms with Crippen LogP contribution in [0.2, 0.25) is 0 Å². The summed E-state index contributed by atoms with van der Waals surface area (Å²) in [6.45, 7) is 0.559. The predicted molar refractivity (Wildman–Crippen MR) is 78.7 cm³/mol. The molecule has 1 aliphatic rings. The van der Waals surface area contributed by atoms with Crippen LogP contribution in [0.3, 0.4) is 0 Å². The molecule has 1 aliphatic heterocycles.